The van der Waals surface area contributed by atoms with Gasteiger partial charge in [-0.05, 0) is 61.6 Å². The smallest absolute Gasteiger partial charge is 0.261 e. The van der Waals surface area contributed by atoms with E-state index >= 15 is 0 Å². The molecule has 0 atom stereocenters. The maximum absolute atomic E-state index is 12.9. The van der Waals surface area contributed by atoms with Crippen LogP contribution in [-0.4, -0.2) is 43.2 Å². The average molecular weight is 406 g/mol. The number of anilines is 1. The van der Waals surface area contributed by atoms with Crippen LogP contribution in [0, 0.1) is 0 Å². The van der Waals surface area contributed by atoms with Gasteiger partial charge < -0.3 is 4.90 Å². The second kappa shape index (κ2) is 7.22. The maximum atomic E-state index is 12.9. The molecule has 0 radical (unpaired) electrons. The number of hydrogen-bond acceptors (Lipinski definition) is 4. The van der Waals surface area contributed by atoms with E-state index in [1.807, 2.05) is 0 Å². The number of carbonyl (C=O) groups excluding carboxylic acids is 1. The molecule has 0 spiro atoms. The summed E-state index contributed by atoms with van der Waals surface area (Å²) in [6.07, 6.45) is 4.85. The van der Waals surface area contributed by atoms with Gasteiger partial charge in [-0.15, -0.1) is 0 Å². The quantitative estimate of drug-likeness (QED) is 0.735. The topological polar surface area (TPSA) is 70.6 Å². The minimum atomic E-state index is -3.47. The molecule has 3 heterocycles. The molecule has 0 unspecified atom stereocenters. The van der Waals surface area contributed by atoms with Crippen molar-refractivity contribution in [1.29, 1.82) is 0 Å². The van der Waals surface area contributed by atoms with Crippen molar-refractivity contribution in [3.63, 3.8) is 0 Å². The highest BCUT2D eigenvalue weighted by Crippen LogP contribution is 2.32. The summed E-state index contributed by atoms with van der Waals surface area (Å²) in [5.74, 6) is -0.218. The molecule has 2 aromatic rings. The molecular weight excluding hydrogens is 386 g/mol. The summed E-state index contributed by atoms with van der Waals surface area (Å²) >= 11 is 6.08. The van der Waals surface area contributed by atoms with Gasteiger partial charge in [0.05, 0.1) is 10.5 Å². The number of aromatic nitrogens is 1. The Morgan fingerprint density at radius 3 is 2.59 bits per heavy atom. The number of pyridine rings is 1. The molecule has 142 valence electrons. The van der Waals surface area contributed by atoms with Crippen LogP contribution < -0.4 is 4.90 Å². The van der Waals surface area contributed by atoms with Gasteiger partial charge in [0.1, 0.15) is 5.15 Å². The van der Waals surface area contributed by atoms with Crippen LogP contribution in [0.4, 0.5) is 5.69 Å². The largest absolute Gasteiger partial charge is 0.308 e. The van der Waals surface area contributed by atoms with Gasteiger partial charge in [-0.2, -0.15) is 4.31 Å². The summed E-state index contributed by atoms with van der Waals surface area (Å²) in [6, 6.07) is 8.38. The van der Waals surface area contributed by atoms with Gasteiger partial charge in [-0.25, -0.2) is 13.4 Å². The lowest BCUT2D eigenvalue weighted by atomic mass is 10.0. The van der Waals surface area contributed by atoms with E-state index in [-0.39, 0.29) is 11.1 Å². The summed E-state index contributed by atoms with van der Waals surface area (Å²) < 4.78 is 27.2. The molecule has 1 amide bonds. The molecule has 0 aliphatic carbocycles. The molecule has 6 nitrogen and oxygen atoms in total. The van der Waals surface area contributed by atoms with Gasteiger partial charge in [-0.3, -0.25) is 4.79 Å². The number of nitrogens with zero attached hydrogens (tertiary/aromatic N) is 3. The summed E-state index contributed by atoms with van der Waals surface area (Å²) in [5, 5.41) is 0.169. The first-order valence-electron chi connectivity index (χ1n) is 9.04. The number of fused-ring (bicyclic) bond motifs is 1. The number of hydrogen-bond donors (Lipinski definition) is 0. The lowest BCUT2D eigenvalue weighted by Crippen LogP contribution is -2.36. The van der Waals surface area contributed by atoms with E-state index in [0.717, 1.165) is 36.9 Å². The zero-order chi connectivity index (χ0) is 19.0. The van der Waals surface area contributed by atoms with E-state index in [2.05, 4.69) is 4.98 Å². The number of benzene rings is 1. The van der Waals surface area contributed by atoms with Crippen molar-refractivity contribution in [3.05, 3.63) is 52.8 Å². The monoisotopic (exact) mass is 405 g/mol. The van der Waals surface area contributed by atoms with E-state index in [9.17, 15) is 13.2 Å². The first-order valence-corrected chi connectivity index (χ1v) is 10.9. The number of amides is 1. The van der Waals surface area contributed by atoms with Gasteiger partial charge >= 0.3 is 0 Å². The van der Waals surface area contributed by atoms with E-state index in [1.165, 1.54) is 4.31 Å². The van der Waals surface area contributed by atoms with Crippen LogP contribution in [0.25, 0.3) is 0 Å². The highest BCUT2D eigenvalue weighted by atomic mass is 35.5. The van der Waals surface area contributed by atoms with Gasteiger partial charge in [0.2, 0.25) is 10.0 Å². The van der Waals surface area contributed by atoms with Crippen molar-refractivity contribution in [1.82, 2.24) is 9.29 Å². The second-order valence-corrected chi connectivity index (χ2v) is 9.10. The van der Waals surface area contributed by atoms with Gasteiger partial charge in [-0.1, -0.05) is 11.6 Å². The average Bonchev–Trinajstić information content (AvgIpc) is 3.22. The van der Waals surface area contributed by atoms with Crippen LogP contribution in [0.3, 0.4) is 0 Å². The fourth-order valence-electron chi connectivity index (χ4n) is 3.71. The van der Waals surface area contributed by atoms with Crippen molar-refractivity contribution >= 4 is 33.2 Å². The molecule has 1 fully saturated rings. The standard InChI is InChI=1S/C19H20ClN3O3S/c20-18-16(6-3-9-21-18)19(24)23-12-4-5-14-13-15(7-8-17(14)23)27(25,26)22-10-1-2-11-22/h3,6-9,13H,1-2,4-5,10-12H2. The summed E-state index contributed by atoms with van der Waals surface area (Å²) in [5.41, 5.74) is 1.96. The number of carbonyl (C=O) groups is 1. The van der Waals surface area contributed by atoms with E-state index in [4.69, 9.17) is 11.6 Å². The molecular formula is C19H20ClN3O3S. The summed E-state index contributed by atoms with van der Waals surface area (Å²) in [7, 11) is -3.47. The van der Waals surface area contributed by atoms with Crippen LogP contribution in [0.5, 0.6) is 0 Å². The third-order valence-corrected chi connectivity index (χ3v) is 7.30. The molecule has 0 N–H and O–H groups in total. The maximum Gasteiger partial charge on any atom is 0.261 e. The predicted octanol–water partition coefficient (Wildman–Crippen LogP) is 3.11. The van der Waals surface area contributed by atoms with Crippen LogP contribution in [0.15, 0.2) is 41.4 Å². The molecule has 8 heteroatoms. The molecule has 4 rings (SSSR count). The Labute approximate surface area is 163 Å². The molecule has 2 aliphatic rings. The molecule has 2 aliphatic heterocycles. The van der Waals surface area contributed by atoms with Crippen molar-refractivity contribution < 1.29 is 13.2 Å². The Hall–Kier alpha value is -1.96. The predicted molar refractivity (Wildman–Crippen MR) is 104 cm³/mol. The minimum absolute atomic E-state index is 0.169. The Bertz CT molecular complexity index is 987. The van der Waals surface area contributed by atoms with Crippen molar-refractivity contribution in [2.45, 2.75) is 30.6 Å². The SMILES string of the molecule is O=C(c1cccnc1Cl)N1CCCc2cc(S(=O)(=O)N3CCCC3)ccc21. The molecule has 1 aromatic carbocycles. The molecule has 1 aromatic heterocycles. The van der Waals surface area contributed by atoms with E-state index < -0.39 is 10.0 Å². The van der Waals surface area contributed by atoms with Gasteiger partial charge in [0.15, 0.2) is 0 Å². The Kier molecular flexibility index (Phi) is 4.92. The molecule has 0 saturated carbocycles. The first-order chi connectivity index (χ1) is 13.0. The molecule has 27 heavy (non-hydrogen) atoms. The zero-order valence-corrected chi connectivity index (χ0v) is 16.3. The van der Waals surface area contributed by atoms with Gasteiger partial charge in [0.25, 0.3) is 5.91 Å². The first kappa shape index (κ1) is 18.4. The lowest BCUT2D eigenvalue weighted by molar-refractivity contribution is 0.0985. The van der Waals surface area contributed by atoms with Crippen molar-refractivity contribution in [3.8, 4) is 0 Å². The lowest BCUT2D eigenvalue weighted by Gasteiger charge is -2.30. The summed E-state index contributed by atoms with van der Waals surface area (Å²) in [6.45, 7) is 1.71. The fraction of sp³-hybridized carbons (Fsp3) is 0.368. The highest BCUT2D eigenvalue weighted by Gasteiger charge is 2.30. The van der Waals surface area contributed by atoms with Gasteiger partial charge in [0, 0.05) is 31.5 Å². The van der Waals surface area contributed by atoms with E-state index in [1.54, 1.807) is 41.4 Å². The Morgan fingerprint density at radius 2 is 1.85 bits per heavy atom. The number of sulfonamides is 1. The third kappa shape index (κ3) is 3.35. The van der Waals surface area contributed by atoms with Crippen LogP contribution in [-0.2, 0) is 16.4 Å². The van der Waals surface area contributed by atoms with Crippen molar-refractivity contribution in [2.75, 3.05) is 24.5 Å². The second-order valence-electron chi connectivity index (χ2n) is 6.80. The normalized spacial score (nSPS) is 17.7. The zero-order valence-electron chi connectivity index (χ0n) is 14.8. The van der Waals surface area contributed by atoms with Crippen LogP contribution in [0.1, 0.15) is 35.2 Å². The van der Waals surface area contributed by atoms with Crippen LogP contribution in [0.2, 0.25) is 5.15 Å². The fourth-order valence-corrected chi connectivity index (χ4v) is 5.48. The van der Waals surface area contributed by atoms with Crippen molar-refractivity contribution in [2.24, 2.45) is 0 Å². The van der Waals surface area contributed by atoms with E-state index in [0.29, 0.717) is 30.1 Å². The molecule has 1 saturated heterocycles. The Balaban J connectivity index is 1.68. The summed E-state index contributed by atoms with van der Waals surface area (Å²) in [4.78, 5) is 18.9. The Morgan fingerprint density at radius 1 is 1.07 bits per heavy atom. The number of aryl methyl sites for hydroxylation is 1. The molecule has 0 bridgehead atoms. The minimum Gasteiger partial charge on any atom is -0.308 e. The number of halogens is 1. The highest BCUT2D eigenvalue weighted by molar-refractivity contribution is 7.89. The number of rotatable bonds is 3. The van der Waals surface area contributed by atoms with Crippen LogP contribution >= 0.6 is 11.6 Å². The third-order valence-electron chi connectivity index (χ3n) is 5.11.